The van der Waals surface area contributed by atoms with E-state index in [4.69, 9.17) is 10.4 Å². The molecule has 0 atom stereocenters. The van der Waals surface area contributed by atoms with E-state index >= 15 is 0 Å². The van der Waals surface area contributed by atoms with Crippen LogP contribution in [0.4, 0.5) is 5.00 Å². The lowest BCUT2D eigenvalue weighted by Crippen LogP contribution is -2.07. The molecule has 5 nitrogen and oxygen atoms in total. The summed E-state index contributed by atoms with van der Waals surface area (Å²) in [6.07, 6.45) is 0. The number of carbonyl (C=O) groups is 2. The van der Waals surface area contributed by atoms with Gasteiger partial charge in [-0.05, 0) is 6.07 Å². The van der Waals surface area contributed by atoms with Crippen LogP contribution in [-0.4, -0.2) is 17.0 Å². The number of hydrogen-bond donors (Lipinski definition) is 2. The van der Waals surface area contributed by atoms with E-state index in [0.29, 0.717) is 0 Å². The Morgan fingerprint density at radius 1 is 1.64 bits per heavy atom. The summed E-state index contributed by atoms with van der Waals surface area (Å²) in [5.41, 5.74) is -0.0539. The Bertz CT molecular complexity index is 430. The van der Waals surface area contributed by atoms with Gasteiger partial charge in [0.15, 0.2) is 0 Å². The average molecular weight is 210 g/mol. The third-order valence-electron chi connectivity index (χ3n) is 1.36. The van der Waals surface area contributed by atoms with Crippen molar-refractivity contribution in [3.05, 3.63) is 16.5 Å². The van der Waals surface area contributed by atoms with Gasteiger partial charge in [0.1, 0.15) is 15.9 Å². The molecule has 0 aliphatic heterocycles. The first-order chi connectivity index (χ1) is 6.54. The molecular formula is C8H6N2O3S. The Labute approximate surface area is 83.6 Å². The number of nitrogens with one attached hydrogen (secondary N) is 1. The predicted octanol–water partition coefficient (Wildman–Crippen LogP) is 1.28. The number of carboxylic acid groups (broad SMARTS) is 1. The Balaban J connectivity index is 3.13. The van der Waals surface area contributed by atoms with E-state index in [-0.39, 0.29) is 21.3 Å². The zero-order chi connectivity index (χ0) is 10.7. The lowest BCUT2D eigenvalue weighted by molar-refractivity contribution is -0.114. The fourth-order valence-electron chi connectivity index (χ4n) is 0.858. The molecule has 0 saturated heterocycles. The number of anilines is 1. The van der Waals surface area contributed by atoms with Gasteiger partial charge in [-0.1, -0.05) is 0 Å². The van der Waals surface area contributed by atoms with Crippen LogP contribution in [0.5, 0.6) is 0 Å². The number of nitrogens with zero attached hydrogens (tertiary/aromatic N) is 1. The number of amides is 1. The molecule has 2 N–H and O–H groups in total. The van der Waals surface area contributed by atoms with E-state index < -0.39 is 5.97 Å². The van der Waals surface area contributed by atoms with Crippen molar-refractivity contribution in [2.75, 3.05) is 5.32 Å². The third kappa shape index (κ3) is 2.08. The van der Waals surface area contributed by atoms with Gasteiger partial charge in [-0.25, -0.2) is 4.79 Å². The molecule has 6 heteroatoms. The van der Waals surface area contributed by atoms with Gasteiger partial charge in [0.25, 0.3) is 0 Å². The summed E-state index contributed by atoms with van der Waals surface area (Å²) in [6.45, 7) is 1.28. The molecular weight excluding hydrogens is 204 g/mol. The van der Waals surface area contributed by atoms with Crippen LogP contribution in [0, 0.1) is 11.3 Å². The molecule has 1 rings (SSSR count). The molecule has 0 radical (unpaired) electrons. The molecule has 0 unspecified atom stereocenters. The number of nitriles is 1. The Morgan fingerprint density at radius 3 is 2.71 bits per heavy atom. The van der Waals surface area contributed by atoms with Gasteiger partial charge >= 0.3 is 5.97 Å². The highest BCUT2D eigenvalue weighted by Gasteiger charge is 2.15. The molecule has 1 heterocycles. The second-order valence-corrected chi connectivity index (χ2v) is 3.50. The minimum atomic E-state index is -1.16. The van der Waals surface area contributed by atoms with Crippen LogP contribution >= 0.6 is 11.3 Å². The first-order valence-corrected chi connectivity index (χ1v) is 4.41. The van der Waals surface area contributed by atoms with E-state index in [9.17, 15) is 9.59 Å². The number of aromatic carboxylic acids is 1. The van der Waals surface area contributed by atoms with Crippen LogP contribution < -0.4 is 5.32 Å². The van der Waals surface area contributed by atoms with Crippen LogP contribution in [0.25, 0.3) is 0 Å². The maximum Gasteiger partial charge on any atom is 0.338 e. The highest BCUT2D eigenvalue weighted by Crippen LogP contribution is 2.27. The summed E-state index contributed by atoms with van der Waals surface area (Å²) in [6, 6.07) is 3.05. The fourth-order valence-corrected chi connectivity index (χ4v) is 1.75. The molecule has 72 valence electrons. The smallest absolute Gasteiger partial charge is 0.338 e. The lowest BCUT2D eigenvalue weighted by atomic mass is 10.3. The van der Waals surface area contributed by atoms with E-state index in [0.717, 1.165) is 11.3 Å². The second-order valence-electron chi connectivity index (χ2n) is 2.45. The number of rotatable bonds is 2. The first kappa shape index (κ1) is 10.2. The highest BCUT2D eigenvalue weighted by molar-refractivity contribution is 7.17. The van der Waals surface area contributed by atoms with Gasteiger partial charge in [-0.15, -0.1) is 11.3 Å². The quantitative estimate of drug-likeness (QED) is 0.769. The van der Waals surface area contributed by atoms with E-state index in [2.05, 4.69) is 5.32 Å². The second kappa shape index (κ2) is 3.89. The van der Waals surface area contributed by atoms with Crippen molar-refractivity contribution >= 4 is 28.2 Å². The van der Waals surface area contributed by atoms with Crippen molar-refractivity contribution in [2.24, 2.45) is 0 Å². The SMILES string of the molecule is CC(=O)Nc1sc(C#N)cc1C(=O)O. The van der Waals surface area contributed by atoms with Crippen molar-refractivity contribution in [2.45, 2.75) is 6.92 Å². The molecule has 1 amide bonds. The van der Waals surface area contributed by atoms with Crippen LogP contribution in [-0.2, 0) is 4.79 Å². The van der Waals surface area contributed by atoms with Gasteiger partial charge in [-0.2, -0.15) is 5.26 Å². The minimum Gasteiger partial charge on any atom is -0.478 e. The fraction of sp³-hybridized carbons (Fsp3) is 0.125. The zero-order valence-corrected chi connectivity index (χ0v) is 8.01. The summed E-state index contributed by atoms with van der Waals surface area (Å²) in [4.78, 5) is 21.6. The largest absolute Gasteiger partial charge is 0.478 e. The van der Waals surface area contributed by atoms with Gasteiger partial charge in [0.05, 0.1) is 5.56 Å². The van der Waals surface area contributed by atoms with Gasteiger partial charge in [-0.3, -0.25) is 4.79 Å². The predicted molar refractivity (Wildman–Crippen MR) is 50.3 cm³/mol. The monoisotopic (exact) mass is 210 g/mol. The van der Waals surface area contributed by atoms with Crippen molar-refractivity contribution in [3.8, 4) is 6.07 Å². The molecule has 0 aliphatic carbocycles. The molecule has 1 aromatic rings. The van der Waals surface area contributed by atoms with Crippen molar-refractivity contribution < 1.29 is 14.7 Å². The lowest BCUT2D eigenvalue weighted by Gasteiger charge is -1.98. The van der Waals surface area contributed by atoms with Gasteiger partial charge in [0, 0.05) is 6.92 Å². The number of hydrogen-bond acceptors (Lipinski definition) is 4. The molecule has 0 bridgehead atoms. The maximum atomic E-state index is 10.7. The minimum absolute atomic E-state index is 0.0539. The van der Waals surface area contributed by atoms with Gasteiger partial charge < -0.3 is 10.4 Å². The third-order valence-corrected chi connectivity index (χ3v) is 2.32. The standard InChI is InChI=1S/C8H6N2O3S/c1-4(11)10-7-6(8(12)13)2-5(3-9)14-7/h2H,1H3,(H,10,11)(H,12,13). The first-order valence-electron chi connectivity index (χ1n) is 3.59. The van der Waals surface area contributed by atoms with Crippen LogP contribution in [0.15, 0.2) is 6.07 Å². The van der Waals surface area contributed by atoms with Crippen LogP contribution in [0.2, 0.25) is 0 Å². The molecule has 0 saturated carbocycles. The zero-order valence-electron chi connectivity index (χ0n) is 7.20. The molecule has 0 fully saturated rings. The van der Waals surface area contributed by atoms with E-state index in [1.807, 2.05) is 6.07 Å². The molecule has 0 aromatic carbocycles. The molecule has 0 aliphatic rings. The average Bonchev–Trinajstić information content (AvgIpc) is 2.46. The number of thiophene rings is 1. The molecule has 14 heavy (non-hydrogen) atoms. The van der Waals surface area contributed by atoms with Crippen LogP contribution in [0.1, 0.15) is 22.2 Å². The topological polar surface area (TPSA) is 90.2 Å². The van der Waals surface area contributed by atoms with Crippen LogP contribution in [0.3, 0.4) is 0 Å². The highest BCUT2D eigenvalue weighted by atomic mass is 32.1. The van der Waals surface area contributed by atoms with Gasteiger partial charge in [0.2, 0.25) is 5.91 Å². The Kier molecular flexibility index (Phi) is 2.84. The molecule has 0 spiro atoms. The number of carbonyl (C=O) groups excluding carboxylic acids is 1. The summed E-state index contributed by atoms with van der Waals surface area (Å²) >= 11 is 0.942. The molecule has 1 aromatic heterocycles. The normalized spacial score (nSPS) is 9.14. The maximum absolute atomic E-state index is 10.7. The Hall–Kier alpha value is -1.87. The van der Waals surface area contributed by atoms with E-state index in [1.165, 1.54) is 13.0 Å². The van der Waals surface area contributed by atoms with Crippen molar-refractivity contribution in [1.29, 1.82) is 5.26 Å². The van der Waals surface area contributed by atoms with E-state index in [1.54, 1.807) is 0 Å². The number of carboxylic acids is 1. The summed E-state index contributed by atoms with van der Waals surface area (Å²) in [5.74, 6) is -1.52. The summed E-state index contributed by atoms with van der Waals surface area (Å²) < 4.78 is 0. The summed E-state index contributed by atoms with van der Waals surface area (Å²) in [7, 11) is 0. The van der Waals surface area contributed by atoms with Crippen molar-refractivity contribution in [3.63, 3.8) is 0 Å². The van der Waals surface area contributed by atoms with Crippen molar-refractivity contribution in [1.82, 2.24) is 0 Å². The Morgan fingerprint density at radius 2 is 2.29 bits per heavy atom. The summed E-state index contributed by atoms with van der Waals surface area (Å²) in [5, 5.41) is 19.8.